The van der Waals surface area contributed by atoms with E-state index in [1.807, 2.05) is 0 Å². The predicted octanol–water partition coefficient (Wildman–Crippen LogP) is 5.14. The van der Waals surface area contributed by atoms with Gasteiger partial charge >= 0.3 is 0 Å². The van der Waals surface area contributed by atoms with Crippen molar-refractivity contribution in [2.24, 2.45) is 0 Å². The first-order valence-corrected chi connectivity index (χ1v) is 8.14. The van der Waals surface area contributed by atoms with E-state index in [-0.39, 0.29) is 10.6 Å². The molecule has 1 N–H and O–H groups in total. The fourth-order valence-electron chi connectivity index (χ4n) is 2.21. The summed E-state index contributed by atoms with van der Waals surface area (Å²) in [4.78, 5) is 4.32. The third-order valence-electron chi connectivity index (χ3n) is 3.62. The molecule has 0 spiro atoms. The van der Waals surface area contributed by atoms with Crippen LogP contribution in [-0.2, 0) is 5.60 Å². The summed E-state index contributed by atoms with van der Waals surface area (Å²) < 4.78 is 39.7. The van der Waals surface area contributed by atoms with Gasteiger partial charge in [-0.15, -0.1) is 11.3 Å². The Bertz CT molecular complexity index is 911. The molecule has 0 aliphatic carbocycles. The first kappa shape index (κ1) is 17.0. The van der Waals surface area contributed by atoms with Gasteiger partial charge in [-0.2, -0.15) is 0 Å². The number of hydrogen-bond acceptors (Lipinski definition) is 3. The van der Waals surface area contributed by atoms with Crippen molar-refractivity contribution in [2.75, 3.05) is 0 Å². The average Bonchev–Trinajstić information content (AvgIpc) is 3.03. The zero-order valence-corrected chi connectivity index (χ0v) is 13.9. The minimum atomic E-state index is -1.60. The normalized spacial score (nSPS) is 13.8. The van der Waals surface area contributed by atoms with Crippen molar-refractivity contribution in [2.45, 2.75) is 12.5 Å². The molecule has 0 radical (unpaired) electrons. The van der Waals surface area contributed by atoms with Crippen molar-refractivity contribution in [3.63, 3.8) is 0 Å². The molecule has 0 saturated carbocycles. The Hall–Kier alpha value is -1.89. The highest BCUT2D eigenvalue weighted by Gasteiger charge is 2.30. The number of nitrogens with zero attached hydrogens (tertiary/aromatic N) is 1. The van der Waals surface area contributed by atoms with Gasteiger partial charge in [0.2, 0.25) is 0 Å². The number of rotatable bonds is 3. The van der Waals surface area contributed by atoms with Crippen LogP contribution in [0.15, 0.2) is 41.8 Å². The molecule has 2 nitrogen and oxygen atoms in total. The van der Waals surface area contributed by atoms with Gasteiger partial charge in [-0.1, -0.05) is 17.7 Å². The number of aromatic nitrogens is 1. The molecular formula is C17H11ClF3NOS. The van der Waals surface area contributed by atoms with Crippen molar-refractivity contribution in [1.29, 1.82) is 0 Å². The Morgan fingerprint density at radius 3 is 2.42 bits per heavy atom. The van der Waals surface area contributed by atoms with Gasteiger partial charge in [-0.3, -0.25) is 0 Å². The first-order chi connectivity index (χ1) is 11.3. The summed E-state index contributed by atoms with van der Waals surface area (Å²) in [7, 11) is 0. The number of aliphatic hydroxyl groups is 1. The van der Waals surface area contributed by atoms with Crippen molar-refractivity contribution in [3.8, 4) is 11.3 Å². The molecule has 3 aromatic rings. The fourth-order valence-corrected chi connectivity index (χ4v) is 3.30. The van der Waals surface area contributed by atoms with Crippen LogP contribution >= 0.6 is 22.9 Å². The van der Waals surface area contributed by atoms with Crippen molar-refractivity contribution >= 4 is 22.9 Å². The quantitative estimate of drug-likeness (QED) is 0.693. The van der Waals surface area contributed by atoms with E-state index in [4.69, 9.17) is 11.6 Å². The lowest BCUT2D eigenvalue weighted by Gasteiger charge is -2.21. The molecule has 1 heterocycles. The van der Waals surface area contributed by atoms with E-state index in [1.54, 1.807) is 5.38 Å². The molecule has 0 aliphatic rings. The van der Waals surface area contributed by atoms with E-state index < -0.39 is 23.1 Å². The summed E-state index contributed by atoms with van der Waals surface area (Å²) in [6.45, 7) is 1.44. The molecular weight excluding hydrogens is 359 g/mol. The summed E-state index contributed by atoms with van der Waals surface area (Å²) in [6, 6.07) is 7.37. The van der Waals surface area contributed by atoms with Crippen LogP contribution in [0.2, 0.25) is 5.02 Å². The third-order valence-corrected chi connectivity index (χ3v) is 4.96. The van der Waals surface area contributed by atoms with E-state index in [1.165, 1.54) is 31.2 Å². The fraction of sp³-hybridized carbons (Fsp3) is 0.118. The molecule has 0 bridgehead atoms. The number of thiazole rings is 1. The minimum Gasteiger partial charge on any atom is -0.378 e. The van der Waals surface area contributed by atoms with Crippen LogP contribution in [0.4, 0.5) is 13.2 Å². The van der Waals surface area contributed by atoms with E-state index in [0.717, 1.165) is 23.5 Å². The minimum absolute atomic E-state index is 0.0329. The van der Waals surface area contributed by atoms with E-state index in [2.05, 4.69) is 4.98 Å². The second kappa shape index (κ2) is 6.20. The number of hydrogen-bond donors (Lipinski definition) is 1. The largest absolute Gasteiger partial charge is 0.378 e. The van der Waals surface area contributed by atoms with Crippen LogP contribution in [-0.4, -0.2) is 10.1 Å². The molecule has 124 valence electrons. The molecule has 0 saturated heterocycles. The van der Waals surface area contributed by atoms with Gasteiger partial charge in [0.05, 0.1) is 10.7 Å². The second-order valence-corrected chi connectivity index (χ2v) is 6.63. The highest BCUT2D eigenvalue weighted by Crippen LogP contribution is 2.35. The van der Waals surface area contributed by atoms with Gasteiger partial charge in [0.25, 0.3) is 0 Å². The van der Waals surface area contributed by atoms with Gasteiger partial charge in [0.15, 0.2) is 11.6 Å². The summed E-state index contributed by atoms with van der Waals surface area (Å²) in [5.41, 5.74) is -0.328. The number of benzene rings is 2. The Morgan fingerprint density at radius 2 is 1.75 bits per heavy atom. The summed E-state index contributed by atoms with van der Waals surface area (Å²) in [5.74, 6) is -2.57. The highest BCUT2D eigenvalue weighted by atomic mass is 35.5. The standard InChI is InChI=1S/C17H11ClF3NOS/c1-17(23,10-3-5-13(20)14(21)7-10)16-22-15(8-24-16)9-2-4-12(19)11(18)6-9/h2-8,23H,1H3. The van der Waals surface area contributed by atoms with Gasteiger partial charge in [-0.25, -0.2) is 18.2 Å². The van der Waals surface area contributed by atoms with Crippen LogP contribution in [0.25, 0.3) is 11.3 Å². The Labute approximate surface area is 145 Å². The molecule has 1 aromatic heterocycles. The molecule has 2 aromatic carbocycles. The van der Waals surface area contributed by atoms with Crippen LogP contribution in [0, 0.1) is 17.5 Å². The van der Waals surface area contributed by atoms with E-state index >= 15 is 0 Å². The lowest BCUT2D eigenvalue weighted by molar-refractivity contribution is 0.101. The monoisotopic (exact) mass is 369 g/mol. The SMILES string of the molecule is CC(O)(c1ccc(F)c(F)c1)c1nc(-c2ccc(F)c(Cl)c2)cs1. The Kier molecular flexibility index (Phi) is 4.38. The molecule has 24 heavy (non-hydrogen) atoms. The molecule has 0 fully saturated rings. The molecule has 3 rings (SSSR count). The van der Waals surface area contributed by atoms with Crippen LogP contribution in [0.1, 0.15) is 17.5 Å². The lowest BCUT2D eigenvalue weighted by Crippen LogP contribution is -2.22. The van der Waals surface area contributed by atoms with Crippen LogP contribution < -0.4 is 0 Å². The maximum absolute atomic E-state index is 13.4. The van der Waals surface area contributed by atoms with Crippen LogP contribution in [0.3, 0.4) is 0 Å². The zero-order chi connectivity index (χ0) is 17.5. The van der Waals surface area contributed by atoms with Gasteiger partial charge in [0.1, 0.15) is 16.4 Å². The smallest absolute Gasteiger partial charge is 0.159 e. The first-order valence-electron chi connectivity index (χ1n) is 6.88. The summed E-state index contributed by atoms with van der Waals surface area (Å²) in [5, 5.41) is 12.6. The molecule has 1 atom stereocenters. The summed E-state index contributed by atoms with van der Waals surface area (Å²) >= 11 is 6.91. The maximum Gasteiger partial charge on any atom is 0.159 e. The third kappa shape index (κ3) is 3.05. The predicted molar refractivity (Wildman–Crippen MR) is 87.5 cm³/mol. The number of halogens is 4. The molecule has 0 amide bonds. The zero-order valence-electron chi connectivity index (χ0n) is 12.4. The van der Waals surface area contributed by atoms with Crippen LogP contribution in [0.5, 0.6) is 0 Å². The van der Waals surface area contributed by atoms with Gasteiger partial charge < -0.3 is 5.11 Å². The average molecular weight is 370 g/mol. The van der Waals surface area contributed by atoms with Crippen molar-refractivity contribution < 1.29 is 18.3 Å². The Morgan fingerprint density at radius 1 is 1.04 bits per heavy atom. The summed E-state index contributed by atoms with van der Waals surface area (Å²) in [6.07, 6.45) is 0. The molecule has 7 heteroatoms. The van der Waals surface area contributed by atoms with E-state index in [9.17, 15) is 18.3 Å². The second-order valence-electron chi connectivity index (χ2n) is 5.37. The van der Waals surface area contributed by atoms with Crippen molar-refractivity contribution in [1.82, 2.24) is 4.98 Å². The van der Waals surface area contributed by atoms with Crippen molar-refractivity contribution in [3.05, 3.63) is 74.8 Å². The maximum atomic E-state index is 13.4. The highest BCUT2D eigenvalue weighted by molar-refractivity contribution is 7.10. The molecule has 1 unspecified atom stereocenters. The van der Waals surface area contributed by atoms with Gasteiger partial charge in [0, 0.05) is 10.9 Å². The Balaban J connectivity index is 1.99. The van der Waals surface area contributed by atoms with E-state index in [0.29, 0.717) is 16.3 Å². The molecule has 0 aliphatic heterocycles. The lowest BCUT2D eigenvalue weighted by atomic mass is 9.96. The topological polar surface area (TPSA) is 33.1 Å². The van der Waals surface area contributed by atoms with Gasteiger partial charge in [-0.05, 0) is 42.8 Å².